The number of benzene rings is 1. The number of H-pyrrole nitrogens is 1. The summed E-state index contributed by atoms with van der Waals surface area (Å²) in [5.41, 5.74) is 6.47. The highest BCUT2D eigenvalue weighted by Crippen LogP contribution is 2.24. The molecule has 4 rings (SSSR count). The van der Waals surface area contributed by atoms with Gasteiger partial charge in [-0.25, -0.2) is 5.43 Å². The maximum Gasteiger partial charge on any atom is 0.265 e. The van der Waals surface area contributed by atoms with E-state index >= 15 is 0 Å². The van der Waals surface area contributed by atoms with E-state index in [0.717, 1.165) is 26.9 Å². The second kappa shape index (κ2) is 5.19. The van der Waals surface area contributed by atoms with E-state index in [0.29, 0.717) is 11.6 Å². The predicted octanol–water partition coefficient (Wildman–Crippen LogP) is 3.32. The topological polar surface area (TPSA) is 78.9 Å². The van der Waals surface area contributed by atoms with E-state index in [1.54, 1.807) is 17.6 Å². The summed E-state index contributed by atoms with van der Waals surface area (Å²) in [6.45, 7) is 2.05. The zero-order valence-corrected chi connectivity index (χ0v) is 12.6. The van der Waals surface area contributed by atoms with Gasteiger partial charge in [-0.15, -0.1) is 21.5 Å². The Hall–Kier alpha value is -2.80. The summed E-state index contributed by atoms with van der Waals surface area (Å²) in [6.07, 6.45) is 1.73. The Labute approximate surface area is 129 Å². The fraction of sp³-hybridized carbons (Fsp3) is 0.0667. The van der Waals surface area contributed by atoms with E-state index in [9.17, 15) is 0 Å². The van der Waals surface area contributed by atoms with Gasteiger partial charge in [-0.05, 0) is 23.9 Å². The molecule has 0 fully saturated rings. The van der Waals surface area contributed by atoms with Gasteiger partial charge in [-0.3, -0.25) is 0 Å². The Morgan fingerprint density at radius 3 is 3.05 bits per heavy atom. The number of rotatable bonds is 3. The van der Waals surface area contributed by atoms with E-state index < -0.39 is 0 Å². The van der Waals surface area contributed by atoms with Crippen molar-refractivity contribution in [3.05, 3.63) is 46.2 Å². The normalized spacial score (nSPS) is 11.7. The molecule has 0 unspecified atom stereocenters. The molecule has 0 radical (unpaired) electrons. The summed E-state index contributed by atoms with van der Waals surface area (Å²) in [5, 5.41) is 15.5. The molecule has 108 valence electrons. The summed E-state index contributed by atoms with van der Waals surface area (Å²) in [4.78, 5) is 8.77. The maximum absolute atomic E-state index is 4.42. The summed E-state index contributed by atoms with van der Waals surface area (Å²) in [5.74, 6) is 0.365. The van der Waals surface area contributed by atoms with Gasteiger partial charge in [0.2, 0.25) is 0 Å². The van der Waals surface area contributed by atoms with Gasteiger partial charge in [0.1, 0.15) is 5.52 Å². The number of anilines is 1. The number of aromatic nitrogens is 4. The van der Waals surface area contributed by atoms with E-state index in [2.05, 4.69) is 43.7 Å². The monoisotopic (exact) mass is 308 g/mol. The molecule has 22 heavy (non-hydrogen) atoms. The van der Waals surface area contributed by atoms with Crippen molar-refractivity contribution in [3.8, 4) is 0 Å². The quantitative estimate of drug-likeness (QED) is 0.449. The van der Waals surface area contributed by atoms with E-state index in [1.807, 2.05) is 29.6 Å². The molecule has 4 aromatic rings. The number of aromatic amines is 1. The van der Waals surface area contributed by atoms with Gasteiger partial charge >= 0.3 is 0 Å². The molecular weight excluding hydrogens is 296 g/mol. The van der Waals surface area contributed by atoms with Crippen molar-refractivity contribution < 1.29 is 0 Å². The molecule has 0 spiro atoms. The highest BCUT2D eigenvalue weighted by atomic mass is 32.1. The Bertz CT molecular complexity index is 970. The number of thiophene rings is 1. The van der Waals surface area contributed by atoms with Gasteiger partial charge in [0.15, 0.2) is 5.65 Å². The summed E-state index contributed by atoms with van der Waals surface area (Å²) < 4.78 is 0. The van der Waals surface area contributed by atoms with Gasteiger partial charge in [-0.1, -0.05) is 24.3 Å². The largest absolute Gasteiger partial charge is 0.337 e. The Balaban J connectivity index is 1.68. The highest BCUT2D eigenvalue weighted by Gasteiger charge is 2.09. The third-order valence-corrected chi connectivity index (χ3v) is 4.16. The molecule has 0 amide bonds. The van der Waals surface area contributed by atoms with Crippen molar-refractivity contribution in [2.24, 2.45) is 5.10 Å². The van der Waals surface area contributed by atoms with E-state index in [-0.39, 0.29) is 0 Å². The first-order valence-corrected chi connectivity index (χ1v) is 7.63. The second-order valence-electron chi connectivity index (χ2n) is 4.84. The third-order valence-electron chi connectivity index (χ3n) is 3.36. The predicted molar refractivity (Wildman–Crippen MR) is 89.5 cm³/mol. The van der Waals surface area contributed by atoms with Crippen molar-refractivity contribution in [1.29, 1.82) is 0 Å². The summed E-state index contributed by atoms with van der Waals surface area (Å²) in [7, 11) is 0. The van der Waals surface area contributed by atoms with Crippen LogP contribution in [0.25, 0.3) is 22.1 Å². The van der Waals surface area contributed by atoms with Crippen molar-refractivity contribution in [1.82, 2.24) is 20.2 Å². The molecule has 2 N–H and O–H groups in total. The fourth-order valence-electron chi connectivity index (χ4n) is 2.31. The average molecular weight is 308 g/mol. The standard InChI is InChI=1S/C15H12N6S/c1-9-4-2-6-11-12(9)17-14-13(11)19-21-15(18-14)20-16-8-10-5-3-7-22-10/h2-8H,1H3,(H2,17,18,20,21)/b16-8-. The minimum absolute atomic E-state index is 0.365. The average Bonchev–Trinajstić information content (AvgIpc) is 3.15. The van der Waals surface area contributed by atoms with Crippen LogP contribution in [-0.2, 0) is 0 Å². The third kappa shape index (κ3) is 2.21. The molecule has 0 aliphatic rings. The Kier molecular flexibility index (Phi) is 3.05. The zero-order chi connectivity index (χ0) is 14.9. The second-order valence-corrected chi connectivity index (χ2v) is 5.82. The highest BCUT2D eigenvalue weighted by molar-refractivity contribution is 7.11. The molecule has 1 aromatic carbocycles. The summed E-state index contributed by atoms with van der Waals surface area (Å²) in [6, 6.07) is 10.0. The van der Waals surface area contributed by atoms with Crippen LogP contribution >= 0.6 is 11.3 Å². The molecule has 7 heteroatoms. The van der Waals surface area contributed by atoms with E-state index in [1.165, 1.54) is 0 Å². The number of para-hydroxylation sites is 1. The molecule has 6 nitrogen and oxygen atoms in total. The van der Waals surface area contributed by atoms with Crippen molar-refractivity contribution in [2.75, 3.05) is 5.43 Å². The first-order chi connectivity index (χ1) is 10.8. The maximum atomic E-state index is 4.42. The van der Waals surface area contributed by atoms with Gasteiger partial charge in [0.25, 0.3) is 5.95 Å². The lowest BCUT2D eigenvalue weighted by Crippen LogP contribution is -1.98. The van der Waals surface area contributed by atoms with Crippen molar-refractivity contribution in [2.45, 2.75) is 6.92 Å². The molecule has 0 bridgehead atoms. The van der Waals surface area contributed by atoms with Crippen LogP contribution in [0.5, 0.6) is 0 Å². The fourth-order valence-corrected chi connectivity index (χ4v) is 2.89. The number of hydrogen-bond donors (Lipinski definition) is 2. The smallest absolute Gasteiger partial charge is 0.265 e. The van der Waals surface area contributed by atoms with E-state index in [4.69, 9.17) is 0 Å². The lowest BCUT2D eigenvalue weighted by atomic mass is 10.1. The van der Waals surface area contributed by atoms with Gasteiger partial charge in [0.05, 0.1) is 11.7 Å². The number of fused-ring (bicyclic) bond motifs is 3. The minimum atomic E-state index is 0.365. The number of hydrogen-bond acceptors (Lipinski definition) is 6. The van der Waals surface area contributed by atoms with Crippen LogP contribution in [0, 0.1) is 6.92 Å². The van der Waals surface area contributed by atoms with Crippen LogP contribution in [-0.4, -0.2) is 26.4 Å². The Morgan fingerprint density at radius 1 is 1.23 bits per heavy atom. The molecule has 0 aliphatic heterocycles. The molecule has 3 heterocycles. The molecule has 3 aromatic heterocycles. The molecule has 0 aliphatic carbocycles. The summed E-state index contributed by atoms with van der Waals surface area (Å²) >= 11 is 1.61. The number of hydrazone groups is 1. The lowest BCUT2D eigenvalue weighted by Gasteiger charge is -1.96. The van der Waals surface area contributed by atoms with Crippen LogP contribution in [0.1, 0.15) is 10.4 Å². The zero-order valence-electron chi connectivity index (χ0n) is 11.7. The Morgan fingerprint density at radius 2 is 2.18 bits per heavy atom. The van der Waals surface area contributed by atoms with Crippen LogP contribution < -0.4 is 5.43 Å². The molecular formula is C15H12N6S. The molecule has 0 atom stereocenters. The first-order valence-electron chi connectivity index (χ1n) is 6.75. The molecule has 0 saturated heterocycles. The number of nitrogens with zero attached hydrogens (tertiary/aromatic N) is 4. The van der Waals surface area contributed by atoms with Crippen molar-refractivity contribution >= 4 is 45.6 Å². The first kappa shape index (κ1) is 12.9. The van der Waals surface area contributed by atoms with Gasteiger partial charge < -0.3 is 4.98 Å². The number of aryl methyl sites for hydroxylation is 1. The van der Waals surface area contributed by atoms with Crippen LogP contribution in [0.15, 0.2) is 40.8 Å². The lowest BCUT2D eigenvalue weighted by molar-refractivity contribution is 1.01. The minimum Gasteiger partial charge on any atom is -0.337 e. The van der Waals surface area contributed by atoms with Gasteiger partial charge in [0, 0.05) is 10.3 Å². The van der Waals surface area contributed by atoms with Gasteiger partial charge in [-0.2, -0.15) is 10.1 Å². The number of nitrogens with one attached hydrogen (secondary N) is 2. The van der Waals surface area contributed by atoms with Crippen LogP contribution in [0.3, 0.4) is 0 Å². The van der Waals surface area contributed by atoms with Crippen LogP contribution in [0.4, 0.5) is 5.95 Å². The van der Waals surface area contributed by atoms with Crippen molar-refractivity contribution in [3.63, 3.8) is 0 Å². The SMILES string of the molecule is Cc1cccc2c1[nH]c1nc(N/N=C\c3cccs3)nnc12. The van der Waals surface area contributed by atoms with Crippen LogP contribution in [0.2, 0.25) is 0 Å². The molecule has 0 saturated carbocycles.